The smallest absolute Gasteiger partial charge is 0.341 e. The number of carboxylic acids is 1. The first-order chi connectivity index (χ1) is 12.3. The van der Waals surface area contributed by atoms with E-state index in [1.54, 1.807) is 12.1 Å². The van der Waals surface area contributed by atoms with Crippen molar-refractivity contribution < 1.29 is 19.6 Å². The third kappa shape index (κ3) is 3.27. The van der Waals surface area contributed by atoms with E-state index in [-0.39, 0.29) is 28.3 Å². The van der Waals surface area contributed by atoms with Gasteiger partial charge in [-0.2, -0.15) is 10.5 Å². The van der Waals surface area contributed by atoms with Crippen LogP contribution in [0.15, 0.2) is 23.0 Å². The molecule has 2 rings (SSSR count). The van der Waals surface area contributed by atoms with Crippen molar-refractivity contribution in [2.45, 2.75) is 0 Å². The second-order valence-corrected chi connectivity index (χ2v) is 4.84. The van der Waals surface area contributed by atoms with Crippen molar-refractivity contribution >= 4 is 17.5 Å². The number of nitriles is 2. The van der Waals surface area contributed by atoms with Gasteiger partial charge in [0.1, 0.15) is 34.8 Å². The highest BCUT2D eigenvalue weighted by Gasteiger charge is 2.23. The number of carboxylic acid groups (broad SMARTS) is 1. The lowest BCUT2D eigenvalue weighted by Crippen LogP contribution is -2.17. The molecule has 0 saturated carbocycles. The van der Waals surface area contributed by atoms with Crippen LogP contribution in [-0.2, 0) is 4.79 Å². The van der Waals surface area contributed by atoms with Crippen molar-refractivity contribution in [2.75, 3.05) is 12.3 Å². The maximum atomic E-state index is 12.0. The van der Waals surface area contributed by atoms with Crippen molar-refractivity contribution in [2.24, 2.45) is 0 Å². The van der Waals surface area contributed by atoms with Gasteiger partial charge in [0.2, 0.25) is 0 Å². The Bertz CT molecular complexity index is 1060. The number of pyridine rings is 1. The summed E-state index contributed by atoms with van der Waals surface area (Å²) in [7, 11) is 0. The number of carbonyl (C=O) groups is 1. The molecule has 0 radical (unpaired) electrons. The van der Waals surface area contributed by atoms with Crippen LogP contribution < -0.4 is 16.0 Å². The highest BCUT2D eigenvalue weighted by Crippen LogP contribution is 2.37. The number of nitrogens with one attached hydrogen (secondary N) is 1. The summed E-state index contributed by atoms with van der Waals surface area (Å²) in [4.78, 5) is 35.2. The number of hydrogen-bond donors (Lipinski definition) is 3. The number of nitrogens with zero attached hydrogens (tertiary/aromatic N) is 3. The Morgan fingerprint density at radius 3 is 2.54 bits per heavy atom. The van der Waals surface area contributed by atoms with E-state index in [1.807, 2.05) is 0 Å². The quantitative estimate of drug-likeness (QED) is 0.511. The fraction of sp³-hybridized carbons (Fsp3) is 0.0667. The number of aliphatic carboxylic acids is 1. The first-order valence-electron chi connectivity index (χ1n) is 6.79. The topological polar surface area (TPSA) is 196 Å². The standard InChI is InChI=1S/C15H9N5O6/c16-4-9-13(10(5-17)15(23)19-14(9)18)8-3-7(20(24)25)1-2-11(8)26-6-12(21)22/h1-3H,6H2,(H,21,22)(H3,18,19,23). The molecule has 0 amide bonds. The zero-order chi connectivity index (χ0) is 19.4. The van der Waals surface area contributed by atoms with E-state index in [1.165, 1.54) is 0 Å². The molecule has 26 heavy (non-hydrogen) atoms. The van der Waals surface area contributed by atoms with Crippen molar-refractivity contribution in [3.05, 3.63) is 49.8 Å². The molecular weight excluding hydrogens is 346 g/mol. The number of ether oxygens (including phenoxy) is 1. The van der Waals surface area contributed by atoms with E-state index in [0.717, 1.165) is 18.2 Å². The molecular formula is C15H9N5O6. The first-order valence-corrected chi connectivity index (χ1v) is 6.79. The number of H-pyrrole nitrogens is 1. The minimum Gasteiger partial charge on any atom is -0.481 e. The Balaban J connectivity index is 2.90. The van der Waals surface area contributed by atoms with E-state index < -0.39 is 34.3 Å². The third-order valence-electron chi connectivity index (χ3n) is 3.26. The molecule has 0 saturated heterocycles. The number of aromatic amines is 1. The molecule has 11 nitrogen and oxygen atoms in total. The minimum atomic E-state index is -1.32. The second-order valence-electron chi connectivity index (χ2n) is 4.84. The maximum Gasteiger partial charge on any atom is 0.341 e. The lowest BCUT2D eigenvalue weighted by atomic mass is 9.95. The van der Waals surface area contributed by atoms with E-state index in [4.69, 9.17) is 15.6 Å². The Morgan fingerprint density at radius 2 is 2.00 bits per heavy atom. The van der Waals surface area contributed by atoms with Crippen LogP contribution in [0.2, 0.25) is 0 Å². The fourth-order valence-electron chi connectivity index (χ4n) is 2.20. The highest BCUT2D eigenvalue weighted by molar-refractivity contribution is 5.84. The van der Waals surface area contributed by atoms with Crippen LogP contribution in [0.3, 0.4) is 0 Å². The summed E-state index contributed by atoms with van der Waals surface area (Å²) in [5.74, 6) is -1.83. The van der Waals surface area contributed by atoms with Crippen LogP contribution in [0.25, 0.3) is 11.1 Å². The van der Waals surface area contributed by atoms with Gasteiger partial charge in [-0.05, 0) is 6.07 Å². The number of nitro groups is 1. The van der Waals surface area contributed by atoms with E-state index in [9.17, 15) is 30.2 Å². The summed E-state index contributed by atoms with van der Waals surface area (Å²) in [6.07, 6.45) is 0. The molecule has 0 fully saturated rings. The van der Waals surface area contributed by atoms with Crippen molar-refractivity contribution in [3.8, 4) is 29.0 Å². The Morgan fingerprint density at radius 1 is 1.35 bits per heavy atom. The number of hydrogen-bond acceptors (Lipinski definition) is 8. The maximum absolute atomic E-state index is 12.0. The normalized spacial score (nSPS) is 9.77. The Kier molecular flexibility index (Phi) is 4.85. The molecule has 4 N–H and O–H groups in total. The molecule has 0 bridgehead atoms. The monoisotopic (exact) mass is 355 g/mol. The fourth-order valence-corrected chi connectivity index (χ4v) is 2.20. The Labute approximate surface area is 144 Å². The number of non-ortho nitro benzene ring substituents is 1. The van der Waals surface area contributed by atoms with E-state index in [0.29, 0.717) is 0 Å². The third-order valence-corrected chi connectivity index (χ3v) is 3.26. The zero-order valence-corrected chi connectivity index (χ0v) is 12.8. The molecule has 0 atom stereocenters. The Hall–Kier alpha value is -4.38. The minimum absolute atomic E-state index is 0.170. The van der Waals surface area contributed by atoms with Gasteiger partial charge in [0.15, 0.2) is 6.61 Å². The van der Waals surface area contributed by atoms with Crippen molar-refractivity contribution in [1.82, 2.24) is 4.98 Å². The number of nitrogen functional groups attached to an aromatic ring is 1. The molecule has 2 aromatic rings. The molecule has 0 aliphatic rings. The summed E-state index contributed by atoms with van der Waals surface area (Å²) >= 11 is 0. The van der Waals surface area contributed by atoms with Gasteiger partial charge in [-0.15, -0.1) is 0 Å². The number of benzene rings is 1. The van der Waals surface area contributed by atoms with Gasteiger partial charge in [-0.25, -0.2) is 4.79 Å². The van der Waals surface area contributed by atoms with Gasteiger partial charge in [0, 0.05) is 23.3 Å². The highest BCUT2D eigenvalue weighted by atomic mass is 16.6. The van der Waals surface area contributed by atoms with Crippen LogP contribution in [0.5, 0.6) is 5.75 Å². The predicted molar refractivity (Wildman–Crippen MR) is 86.1 cm³/mol. The molecule has 0 aliphatic carbocycles. The molecule has 11 heteroatoms. The van der Waals surface area contributed by atoms with Gasteiger partial charge in [-0.3, -0.25) is 14.9 Å². The molecule has 1 aromatic heterocycles. The molecule has 1 heterocycles. The van der Waals surface area contributed by atoms with E-state index >= 15 is 0 Å². The molecule has 0 unspecified atom stereocenters. The number of rotatable bonds is 5. The molecule has 1 aromatic carbocycles. The van der Waals surface area contributed by atoms with Crippen LogP contribution in [0, 0.1) is 32.8 Å². The van der Waals surface area contributed by atoms with Crippen LogP contribution in [0.1, 0.15) is 11.1 Å². The number of nitrogens with two attached hydrogens (primary N) is 1. The van der Waals surface area contributed by atoms with Gasteiger partial charge >= 0.3 is 5.97 Å². The van der Waals surface area contributed by atoms with Gasteiger partial charge in [0.05, 0.1) is 4.92 Å². The zero-order valence-electron chi connectivity index (χ0n) is 12.8. The number of anilines is 1. The van der Waals surface area contributed by atoms with Crippen molar-refractivity contribution in [3.63, 3.8) is 0 Å². The van der Waals surface area contributed by atoms with Crippen molar-refractivity contribution in [1.29, 1.82) is 10.5 Å². The second kappa shape index (κ2) is 7.02. The van der Waals surface area contributed by atoms with Gasteiger partial charge < -0.3 is 20.6 Å². The lowest BCUT2D eigenvalue weighted by Gasteiger charge is -2.13. The largest absolute Gasteiger partial charge is 0.481 e. The molecule has 0 aliphatic heterocycles. The van der Waals surface area contributed by atoms with Crippen LogP contribution >= 0.6 is 0 Å². The lowest BCUT2D eigenvalue weighted by molar-refractivity contribution is -0.384. The number of nitro benzene ring substituents is 1. The SMILES string of the molecule is N#Cc1c(N)[nH]c(=O)c(C#N)c1-c1cc([N+](=O)[O-])ccc1OCC(=O)O. The average Bonchev–Trinajstić information content (AvgIpc) is 2.59. The van der Waals surface area contributed by atoms with Crippen LogP contribution in [0.4, 0.5) is 11.5 Å². The predicted octanol–water partition coefficient (Wildman–Crippen LogP) is 0.739. The summed E-state index contributed by atoms with van der Waals surface area (Å²) in [5, 5.41) is 38.4. The summed E-state index contributed by atoms with van der Waals surface area (Å²) in [5.41, 5.74) is 3.00. The molecule has 0 spiro atoms. The summed E-state index contributed by atoms with van der Waals surface area (Å²) in [6.45, 7) is -0.784. The van der Waals surface area contributed by atoms with Gasteiger partial charge in [-0.1, -0.05) is 0 Å². The average molecular weight is 355 g/mol. The summed E-state index contributed by atoms with van der Waals surface area (Å²) < 4.78 is 5.07. The van der Waals surface area contributed by atoms with E-state index in [2.05, 4.69) is 4.98 Å². The van der Waals surface area contributed by atoms with Gasteiger partial charge in [0.25, 0.3) is 11.2 Å². The molecule has 130 valence electrons. The summed E-state index contributed by atoms with van der Waals surface area (Å²) in [6, 6.07) is 6.45. The number of aromatic nitrogens is 1. The first kappa shape index (κ1) is 18.0. The van der Waals surface area contributed by atoms with Crippen LogP contribution in [-0.4, -0.2) is 27.6 Å².